The van der Waals surface area contributed by atoms with E-state index >= 15 is 0 Å². The molecule has 28 heavy (non-hydrogen) atoms. The Balaban J connectivity index is 1.96. The lowest BCUT2D eigenvalue weighted by Gasteiger charge is -2.19. The van der Waals surface area contributed by atoms with E-state index in [0.29, 0.717) is 22.2 Å². The topological polar surface area (TPSA) is 65.1 Å². The van der Waals surface area contributed by atoms with Crippen LogP contribution in [0.2, 0.25) is 0 Å². The van der Waals surface area contributed by atoms with Crippen LogP contribution in [0, 0.1) is 6.92 Å². The molecule has 0 aliphatic heterocycles. The molecule has 1 heterocycles. The van der Waals surface area contributed by atoms with Gasteiger partial charge in [-0.05, 0) is 24.1 Å². The molecule has 0 atom stereocenters. The molecule has 0 spiro atoms. The summed E-state index contributed by atoms with van der Waals surface area (Å²) in [6.07, 6.45) is 0. The van der Waals surface area contributed by atoms with Crippen LogP contribution < -0.4 is 5.73 Å². The van der Waals surface area contributed by atoms with Gasteiger partial charge in [-0.1, -0.05) is 78.9 Å². The number of carbonyl (C=O) groups is 2. The predicted octanol–water partition coefficient (Wildman–Crippen LogP) is 4.52. The summed E-state index contributed by atoms with van der Waals surface area (Å²) in [5, 5.41) is 0.695. The first kappa shape index (κ1) is 17.7. The smallest absolute Gasteiger partial charge is 0.251 e. The second-order valence-electron chi connectivity index (χ2n) is 6.77. The van der Waals surface area contributed by atoms with Crippen molar-refractivity contribution in [1.29, 1.82) is 0 Å². The standard InChI is InChI=1S/C24H20N2O2/c1-16-21(23(25)27)19-14-8-9-15-20(19)26(16)24(28)22(17-10-4-2-5-11-17)18-12-6-3-7-13-18/h2-15,22H,1H3,(H2,25,27). The molecule has 0 unspecified atom stereocenters. The van der Waals surface area contributed by atoms with Crippen LogP contribution in [0.4, 0.5) is 0 Å². The molecular weight excluding hydrogens is 348 g/mol. The first-order valence-electron chi connectivity index (χ1n) is 9.13. The highest BCUT2D eigenvalue weighted by Gasteiger charge is 2.28. The summed E-state index contributed by atoms with van der Waals surface area (Å²) < 4.78 is 1.63. The molecule has 0 fully saturated rings. The number of rotatable bonds is 4. The molecule has 4 aromatic rings. The first-order chi connectivity index (χ1) is 13.6. The maximum atomic E-state index is 13.8. The molecule has 138 valence electrons. The fourth-order valence-corrected chi connectivity index (χ4v) is 3.86. The normalized spacial score (nSPS) is 11.1. The number of nitrogens with two attached hydrogens (primary N) is 1. The van der Waals surface area contributed by atoms with Gasteiger partial charge < -0.3 is 5.73 Å². The fourth-order valence-electron chi connectivity index (χ4n) is 3.86. The van der Waals surface area contributed by atoms with Crippen molar-refractivity contribution >= 4 is 22.7 Å². The van der Waals surface area contributed by atoms with Gasteiger partial charge in [0.2, 0.25) is 5.91 Å². The Labute approximate surface area is 163 Å². The summed E-state index contributed by atoms with van der Waals surface area (Å²) in [5.41, 5.74) is 9.08. The van der Waals surface area contributed by atoms with E-state index in [1.165, 1.54) is 0 Å². The average molecular weight is 368 g/mol. The van der Waals surface area contributed by atoms with E-state index in [1.807, 2.05) is 84.9 Å². The van der Waals surface area contributed by atoms with Crippen molar-refractivity contribution in [1.82, 2.24) is 4.57 Å². The van der Waals surface area contributed by atoms with Crippen LogP contribution in [0.1, 0.15) is 37.9 Å². The van der Waals surface area contributed by atoms with Gasteiger partial charge in [0, 0.05) is 11.1 Å². The molecular formula is C24H20N2O2. The summed E-state index contributed by atoms with van der Waals surface area (Å²) >= 11 is 0. The molecule has 4 heteroatoms. The maximum Gasteiger partial charge on any atom is 0.251 e. The van der Waals surface area contributed by atoms with Crippen LogP contribution in [0.25, 0.3) is 10.9 Å². The molecule has 0 bridgehead atoms. The van der Waals surface area contributed by atoms with Crippen LogP contribution in [-0.4, -0.2) is 16.4 Å². The molecule has 0 aliphatic carbocycles. The van der Waals surface area contributed by atoms with E-state index in [-0.39, 0.29) is 5.91 Å². The number of fused-ring (bicyclic) bond motifs is 1. The third-order valence-electron chi connectivity index (χ3n) is 5.09. The lowest BCUT2D eigenvalue weighted by atomic mass is 9.90. The van der Waals surface area contributed by atoms with Gasteiger partial charge >= 0.3 is 0 Å². The van der Waals surface area contributed by atoms with Crippen LogP contribution in [0.5, 0.6) is 0 Å². The summed E-state index contributed by atoms with van der Waals surface area (Å²) in [6, 6.07) is 26.7. The Bertz CT molecular complexity index is 1120. The zero-order valence-electron chi connectivity index (χ0n) is 15.5. The average Bonchev–Trinajstić information content (AvgIpc) is 3.01. The van der Waals surface area contributed by atoms with Gasteiger partial charge in [0.1, 0.15) is 0 Å². The van der Waals surface area contributed by atoms with Gasteiger partial charge in [-0.15, -0.1) is 0 Å². The molecule has 4 rings (SSSR count). The van der Waals surface area contributed by atoms with Gasteiger partial charge in [0.05, 0.1) is 17.0 Å². The van der Waals surface area contributed by atoms with E-state index in [2.05, 4.69) is 0 Å². The highest BCUT2D eigenvalue weighted by atomic mass is 16.2. The minimum Gasteiger partial charge on any atom is -0.366 e. The number of hydrogen-bond donors (Lipinski definition) is 1. The molecule has 1 aromatic heterocycles. The number of para-hydroxylation sites is 1. The lowest BCUT2D eigenvalue weighted by Crippen LogP contribution is -2.23. The van der Waals surface area contributed by atoms with Crippen molar-refractivity contribution in [2.24, 2.45) is 5.73 Å². The number of hydrogen-bond acceptors (Lipinski definition) is 2. The zero-order valence-corrected chi connectivity index (χ0v) is 15.5. The molecule has 0 saturated heterocycles. The monoisotopic (exact) mass is 368 g/mol. The number of carbonyl (C=O) groups excluding carboxylic acids is 2. The van der Waals surface area contributed by atoms with E-state index in [9.17, 15) is 9.59 Å². The number of aromatic nitrogens is 1. The van der Waals surface area contributed by atoms with Crippen LogP contribution >= 0.6 is 0 Å². The van der Waals surface area contributed by atoms with Crippen molar-refractivity contribution in [2.75, 3.05) is 0 Å². The predicted molar refractivity (Wildman–Crippen MR) is 111 cm³/mol. The largest absolute Gasteiger partial charge is 0.366 e. The number of nitrogens with zero attached hydrogens (tertiary/aromatic N) is 1. The lowest BCUT2D eigenvalue weighted by molar-refractivity contribution is 0.0896. The van der Waals surface area contributed by atoms with Gasteiger partial charge in [-0.25, -0.2) is 0 Å². The Kier molecular flexibility index (Phi) is 4.53. The third kappa shape index (κ3) is 2.89. The van der Waals surface area contributed by atoms with Gasteiger partial charge in [-0.2, -0.15) is 0 Å². The SMILES string of the molecule is Cc1c(C(N)=O)c2ccccc2n1C(=O)C(c1ccccc1)c1ccccc1. The Hall–Kier alpha value is -3.66. The minimum absolute atomic E-state index is 0.112. The number of primary amides is 1. The van der Waals surface area contributed by atoms with Crippen molar-refractivity contribution in [3.63, 3.8) is 0 Å². The van der Waals surface area contributed by atoms with Crippen molar-refractivity contribution in [3.05, 3.63) is 107 Å². The molecule has 3 aromatic carbocycles. The molecule has 4 nitrogen and oxygen atoms in total. The highest BCUT2D eigenvalue weighted by Crippen LogP contribution is 2.32. The van der Waals surface area contributed by atoms with Gasteiger partial charge in [0.25, 0.3) is 5.91 Å². The minimum atomic E-state index is -0.531. The maximum absolute atomic E-state index is 13.8. The van der Waals surface area contributed by atoms with Gasteiger partial charge in [-0.3, -0.25) is 14.2 Å². The summed E-state index contributed by atoms with van der Waals surface area (Å²) in [5.74, 6) is -1.13. The first-order valence-corrected chi connectivity index (χ1v) is 9.13. The number of benzene rings is 3. The highest BCUT2D eigenvalue weighted by molar-refractivity contribution is 6.11. The second-order valence-corrected chi connectivity index (χ2v) is 6.77. The molecule has 1 amide bonds. The summed E-state index contributed by atoms with van der Waals surface area (Å²) in [6.45, 7) is 1.77. The van der Waals surface area contributed by atoms with E-state index in [1.54, 1.807) is 11.5 Å². The van der Waals surface area contributed by atoms with Gasteiger partial charge in [0.15, 0.2) is 0 Å². The summed E-state index contributed by atoms with van der Waals surface area (Å²) in [7, 11) is 0. The van der Waals surface area contributed by atoms with Crippen LogP contribution in [-0.2, 0) is 0 Å². The van der Waals surface area contributed by atoms with Crippen molar-refractivity contribution in [3.8, 4) is 0 Å². The third-order valence-corrected chi connectivity index (χ3v) is 5.09. The van der Waals surface area contributed by atoms with Crippen LogP contribution in [0.3, 0.4) is 0 Å². The molecule has 2 N–H and O–H groups in total. The van der Waals surface area contributed by atoms with E-state index < -0.39 is 11.8 Å². The van der Waals surface area contributed by atoms with E-state index in [4.69, 9.17) is 5.73 Å². The summed E-state index contributed by atoms with van der Waals surface area (Å²) in [4.78, 5) is 25.9. The zero-order chi connectivity index (χ0) is 19.7. The van der Waals surface area contributed by atoms with E-state index in [0.717, 1.165) is 11.1 Å². The Morgan fingerprint density at radius 3 is 1.82 bits per heavy atom. The molecule has 0 aliphatic rings. The second kappa shape index (κ2) is 7.16. The quantitative estimate of drug-likeness (QED) is 0.575. The fraction of sp³-hybridized carbons (Fsp3) is 0.0833. The Morgan fingerprint density at radius 1 is 0.786 bits per heavy atom. The van der Waals surface area contributed by atoms with Crippen molar-refractivity contribution < 1.29 is 9.59 Å². The Morgan fingerprint density at radius 2 is 1.29 bits per heavy atom. The molecule has 0 radical (unpaired) electrons. The van der Waals surface area contributed by atoms with Crippen LogP contribution in [0.15, 0.2) is 84.9 Å². The van der Waals surface area contributed by atoms with Crippen molar-refractivity contribution in [2.45, 2.75) is 12.8 Å². The number of amides is 1. The molecule has 0 saturated carbocycles.